The highest BCUT2D eigenvalue weighted by Gasteiger charge is 2.04. The standard InChI is InChI=1S/C11H14N2O.C2H2O4/c1-12-6-7-14-11-8-13-10-5-3-2-4-9(10)11;3-1(4)2(5)6/h2-5,8,12-13H,6-7H2,1H3;(H,3,4)(H,5,6). The van der Waals surface area contributed by atoms with E-state index < -0.39 is 11.9 Å². The van der Waals surface area contributed by atoms with Crippen LogP contribution in [0.4, 0.5) is 0 Å². The summed E-state index contributed by atoms with van der Waals surface area (Å²) in [5.41, 5.74) is 1.12. The Kier molecular flexibility index (Phi) is 6.05. The molecule has 2 rings (SSSR count). The number of fused-ring (bicyclic) bond motifs is 1. The molecule has 2 aromatic rings. The van der Waals surface area contributed by atoms with E-state index in [-0.39, 0.29) is 0 Å². The Balaban J connectivity index is 0.000000286. The van der Waals surface area contributed by atoms with Crippen molar-refractivity contribution in [1.29, 1.82) is 0 Å². The quantitative estimate of drug-likeness (QED) is 0.489. The summed E-state index contributed by atoms with van der Waals surface area (Å²) < 4.78 is 5.61. The number of likely N-dealkylation sites (N-methyl/N-ethyl adjacent to an activating group) is 1. The topological polar surface area (TPSA) is 112 Å². The van der Waals surface area contributed by atoms with Crippen LogP contribution < -0.4 is 10.1 Å². The number of benzene rings is 1. The molecule has 7 heteroatoms. The number of para-hydroxylation sites is 1. The van der Waals surface area contributed by atoms with Crippen LogP contribution in [0.5, 0.6) is 5.75 Å². The number of hydrogen-bond acceptors (Lipinski definition) is 4. The van der Waals surface area contributed by atoms with Gasteiger partial charge in [0.2, 0.25) is 0 Å². The van der Waals surface area contributed by atoms with Crippen molar-refractivity contribution in [2.45, 2.75) is 0 Å². The molecule has 0 unspecified atom stereocenters. The largest absolute Gasteiger partial charge is 0.490 e. The van der Waals surface area contributed by atoms with E-state index in [1.54, 1.807) is 0 Å². The molecule has 0 saturated carbocycles. The van der Waals surface area contributed by atoms with Gasteiger partial charge in [-0.3, -0.25) is 0 Å². The molecule has 1 heterocycles. The Labute approximate surface area is 115 Å². The first-order valence-corrected chi connectivity index (χ1v) is 5.86. The third kappa shape index (κ3) is 4.62. The van der Waals surface area contributed by atoms with Gasteiger partial charge >= 0.3 is 11.9 Å². The van der Waals surface area contributed by atoms with Crippen LogP contribution >= 0.6 is 0 Å². The zero-order chi connectivity index (χ0) is 15.0. The van der Waals surface area contributed by atoms with E-state index in [9.17, 15) is 0 Å². The van der Waals surface area contributed by atoms with Crippen LogP contribution in [0.15, 0.2) is 30.5 Å². The molecule has 0 radical (unpaired) electrons. The van der Waals surface area contributed by atoms with Crippen LogP contribution in [0.2, 0.25) is 0 Å². The molecule has 108 valence electrons. The molecule has 0 spiro atoms. The Morgan fingerprint density at radius 1 is 1.25 bits per heavy atom. The molecule has 7 nitrogen and oxygen atoms in total. The number of ether oxygens (including phenoxy) is 1. The maximum absolute atomic E-state index is 9.10. The number of aromatic nitrogens is 1. The number of rotatable bonds is 4. The summed E-state index contributed by atoms with van der Waals surface area (Å²) in [6.45, 7) is 1.55. The highest BCUT2D eigenvalue weighted by atomic mass is 16.5. The summed E-state index contributed by atoms with van der Waals surface area (Å²) in [6.07, 6.45) is 1.90. The summed E-state index contributed by atoms with van der Waals surface area (Å²) in [6, 6.07) is 8.12. The van der Waals surface area contributed by atoms with Crippen molar-refractivity contribution in [1.82, 2.24) is 10.3 Å². The van der Waals surface area contributed by atoms with E-state index >= 15 is 0 Å². The zero-order valence-electron chi connectivity index (χ0n) is 10.9. The van der Waals surface area contributed by atoms with Crippen molar-refractivity contribution in [3.8, 4) is 5.75 Å². The molecule has 0 atom stereocenters. The minimum absolute atomic E-state index is 0.693. The molecule has 1 aromatic heterocycles. The maximum atomic E-state index is 9.10. The fourth-order valence-electron chi connectivity index (χ4n) is 1.43. The Hall–Kier alpha value is -2.54. The number of carboxylic acid groups (broad SMARTS) is 2. The van der Waals surface area contributed by atoms with E-state index in [0.29, 0.717) is 6.61 Å². The summed E-state index contributed by atoms with van der Waals surface area (Å²) in [7, 11) is 1.92. The van der Waals surface area contributed by atoms with Crippen LogP contribution in [0.1, 0.15) is 0 Å². The lowest BCUT2D eigenvalue weighted by molar-refractivity contribution is -0.159. The van der Waals surface area contributed by atoms with E-state index in [1.165, 1.54) is 0 Å². The van der Waals surface area contributed by atoms with E-state index in [4.69, 9.17) is 24.5 Å². The van der Waals surface area contributed by atoms with E-state index in [2.05, 4.69) is 16.4 Å². The van der Waals surface area contributed by atoms with Crippen molar-refractivity contribution in [3.63, 3.8) is 0 Å². The van der Waals surface area contributed by atoms with Gasteiger partial charge in [-0.25, -0.2) is 9.59 Å². The van der Waals surface area contributed by atoms with Crippen LogP contribution in [0.25, 0.3) is 10.9 Å². The lowest BCUT2D eigenvalue weighted by atomic mass is 10.2. The maximum Gasteiger partial charge on any atom is 0.414 e. The molecule has 4 N–H and O–H groups in total. The van der Waals surface area contributed by atoms with Crippen molar-refractivity contribution in [2.75, 3.05) is 20.2 Å². The predicted molar refractivity (Wildman–Crippen MR) is 73.0 cm³/mol. The molecular weight excluding hydrogens is 264 g/mol. The molecule has 0 aliphatic heterocycles. The SMILES string of the molecule is CNCCOc1c[nH]c2ccccc12.O=C(O)C(=O)O. The molecule has 0 fully saturated rings. The molecule has 1 aromatic carbocycles. The molecule has 20 heavy (non-hydrogen) atoms. The predicted octanol–water partition coefficient (Wildman–Crippen LogP) is 0.922. The van der Waals surface area contributed by atoms with Gasteiger partial charge in [0.05, 0.1) is 0 Å². The first-order valence-electron chi connectivity index (χ1n) is 5.86. The number of H-pyrrole nitrogens is 1. The minimum Gasteiger partial charge on any atom is -0.490 e. The molecule has 0 aliphatic carbocycles. The van der Waals surface area contributed by atoms with Crippen molar-refractivity contribution in [2.24, 2.45) is 0 Å². The Morgan fingerprint density at radius 3 is 2.50 bits per heavy atom. The van der Waals surface area contributed by atoms with Gasteiger partial charge in [-0.2, -0.15) is 0 Å². The average Bonchev–Trinajstić information content (AvgIpc) is 2.83. The zero-order valence-corrected chi connectivity index (χ0v) is 10.9. The first kappa shape index (κ1) is 15.5. The third-order valence-electron chi connectivity index (χ3n) is 2.34. The highest BCUT2D eigenvalue weighted by Crippen LogP contribution is 2.24. The molecule has 0 saturated heterocycles. The number of carboxylic acids is 2. The second-order valence-electron chi connectivity index (χ2n) is 3.76. The third-order valence-corrected chi connectivity index (χ3v) is 2.34. The molecule has 0 amide bonds. The minimum atomic E-state index is -1.82. The second-order valence-corrected chi connectivity index (χ2v) is 3.76. The fourth-order valence-corrected chi connectivity index (χ4v) is 1.43. The van der Waals surface area contributed by atoms with Gasteiger partial charge in [0, 0.05) is 23.6 Å². The number of nitrogens with one attached hydrogen (secondary N) is 2. The number of carbonyl (C=O) groups is 2. The van der Waals surface area contributed by atoms with Crippen LogP contribution in [-0.4, -0.2) is 47.3 Å². The summed E-state index contributed by atoms with van der Waals surface area (Å²) in [5.74, 6) is -2.72. The van der Waals surface area contributed by atoms with Crippen LogP contribution in [0.3, 0.4) is 0 Å². The van der Waals surface area contributed by atoms with E-state index in [0.717, 1.165) is 23.2 Å². The van der Waals surface area contributed by atoms with Gasteiger partial charge in [-0.1, -0.05) is 12.1 Å². The van der Waals surface area contributed by atoms with Crippen molar-refractivity contribution < 1.29 is 24.5 Å². The van der Waals surface area contributed by atoms with Gasteiger partial charge in [-0.05, 0) is 19.2 Å². The Bertz CT molecular complexity index is 567. The molecule has 0 aliphatic rings. The molecule has 0 bridgehead atoms. The van der Waals surface area contributed by atoms with E-state index in [1.807, 2.05) is 31.4 Å². The van der Waals surface area contributed by atoms with Crippen LogP contribution in [0, 0.1) is 0 Å². The lowest BCUT2D eigenvalue weighted by Gasteiger charge is -2.03. The monoisotopic (exact) mass is 280 g/mol. The van der Waals surface area contributed by atoms with Gasteiger partial charge in [0.25, 0.3) is 0 Å². The van der Waals surface area contributed by atoms with Crippen molar-refractivity contribution in [3.05, 3.63) is 30.5 Å². The Morgan fingerprint density at radius 2 is 1.90 bits per heavy atom. The normalized spacial score (nSPS) is 9.65. The first-order chi connectivity index (χ1) is 9.56. The number of aliphatic carboxylic acids is 2. The van der Waals surface area contributed by atoms with Gasteiger partial charge in [0.15, 0.2) is 0 Å². The summed E-state index contributed by atoms with van der Waals surface area (Å²) in [4.78, 5) is 21.4. The number of aromatic amines is 1. The lowest BCUT2D eigenvalue weighted by Crippen LogP contribution is -2.15. The highest BCUT2D eigenvalue weighted by molar-refractivity contribution is 6.27. The smallest absolute Gasteiger partial charge is 0.414 e. The summed E-state index contributed by atoms with van der Waals surface area (Å²) >= 11 is 0. The van der Waals surface area contributed by atoms with Gasteiger partial charge < -0.3 is 25.3 Å². The van der Waals surface area contributed by atoms with Crippen LogP contribution in [-0.2, 0) is 9.59 Å². The van der Waals surface area contributed by atoms with Gasteiger partial charge in [-0.15, -0.1) is 0 Å². The average molecular weight is 280 g/mol. The second kappa shape index (κ2) is 7.80. The summed E-state index contributed by atoms with van der Waals surface area (Å²) in [5, 5.41) is 19.0. The van der Waals surface area contributed by atoms with Gasteiger partial charge in [0.1, 0.15) is 12.4 Å². The fraction of sp³-hybridized carbons (Fsp3) is 0.231. The van der Waals surface area contributed by atoms with Crippen molar-refractivity contribution >= 4 is 22.8 Å². The number of hydrogen-bond donors (Lipinski definition) is 4. The molecular formula is C13H16N2O5.